The van der Waals surface area contributed by atoms with Crippen molar-refractivity contribution in [3.05, 3.63) is 101 Å². The molecule has 0 spiro atoms. The fourth-order valence-electron chi connectivity index (χ4n) is 4.28. The maximum absolute atomic E-state index is 13.6. The van der Waals surface area contributed by atoms with Crippen molar-refractivity contribution in [2.75, 3.05) is 0 Å². The monoisotopic (exact) mass is 413 g/mol. The molecule has 0 heterocycles. The first-order valence-electron chi connectivity index (χ1n) is 11.4. The van der Waals surface area contributed by atoms with Crippen molar-refractivity contribution in [3.8, 4) is 5.75 Å². The van der Waals surface area contributed by atoms with E-state index in [0.29, 0.717) is 19.5 Å². The van der Waals surface area contributed by atoms with Crippen LogP contribution in [-0.2, 0) is 30.7 Å². The van der Waals surface area contributed by atoms with Gasteiger partial charge in [0.25, 0.3) is 5.91 Å². The lowest BCUT2D eigenvalue weighted by Gasteiger charge is -2.28. The third-order valence-electron chi connectivity index (χ3n) is 5.99. The molecule has 0 saturated heterocycles. The molecule has 160 valence electrons. The van der Waals surface area contributed by atoms with Crippen LogP contribution in [-0.4, -0.2) is 16.9 Å². The normalized spacial score (nSPS) is 13.8. The summed E-state index contributed by atoms with van der Waals surface area (Å²) in [6, 6.07) is 26.7. The Balaban J connectivity index is 1.53. The summed E-state index contributed by atoms with van der Waals surface area (Å²) < 4.78 is 6.26. The van der Waals surface area contributed by atoms with Gasteiger partial charge in [-0.1, -0.05) is 73.7 Å². The second-order valence-corrected chi connectivity index (χ2v) is 8.32. The number of nitrogens with zero attached hydrogens (tertiary/aromatic N) is 1. The summed E-state index contributed by atoms with van der Waals surface area (Å²) in [7, 11) is 0. The Morgan fingerprint density at radius 3 is 2.00 bits per heavy atom. The van der Waals surface area contributed by atoms with E-state index in [0.717, 1.165) is 29.7 Å². The summed E-state index contributed by atoms with van der Waals surface area (Å²) in [5, 5.41) is 0. The maximum Gasteiger partial charge on any atom is 0.264 e. The van der Waals surface area contributed by atoms with E-state index in [-0.39, 0.29) is 5.91 Å². The zero-order chi connectivity index (χ0) is 21.5. The fraction of sp³-hybridized carbons (Fsp3) is 0.321. The molecule has 3 aromatic carbocycles. The zero-order valence-corrected chi connectivity index (χ0v) is 18.3. The van der Waals surface area contributed by atoms with Crippen LogP contribution in [0, 0.1) is 0 Å². The van der Waals surface area contributed by atoms with E-state index in [1.807, 2.05) is 54.3 Å². The first-order valence-corrected chi connectivity index (χ1v) is 11.4. The molecule has 3 heteroatoms. The minimum atomic E-state index is -0.492. The van der Waals surface area contributed by atoms with Crippen LogP contribution < -0.4 is 4.74 Å². The second-order valence-electron chi connectivity index (χ2n) is 8.32. The van der Waals surface area contributed by atoms with Gasteiger partial charge in [-0.2, -0.15) is 0 Å². The Hall–Kier alpha value is -3.07. The molecular formula is C28H31NO2. The lowest BCUT2D eigenvalue weighted by Crippen LogP contribution is -2.41. The fourth-order valence-corrected chi connectivity index (χ4v) is 4.28. The zero-order valence-electron chi connectivity index (χ0n) is 18.3. The summed E-state index contributed by atoms with van der Waals surface area (Å²) in [6.45, 7) is 3.15. The van der Waals surface area contributed by atoms with Crippen LogP contribution in [0.3, 0.4) is 0 Å². The van der Waals surface area contributed by atoms with E-state index in [2.05, 4.69) is 36.4 Å². The molecule has 1 atom stereocenters. The van der Waals surface area contributed by atoms with Gasteiger partial charge in [0.2, 0.25) is 0 Å². The van der Waals surface area contributed by atoms with Gasteiger partial charge >= 0.3 is 0 Å². The van der Waals surface area contributed by atoms with Crippen LogP contribution in [0.5, 0.6) is 5.75 Å². The Bertz CT molecular complexity index is 943. The quantitative estimate of drug-likeness (QED) is 0.456. The molecule has 3 nitrogen and oxygen atoms in total. The Kier molecular flexibility index (Phi) is 7.03. The lowest BCUT2D eigenvalue weighted by molar-refractivity contribution is -0.140. The molecule has 0 aliphatic heterocycles. The van der Waals surface area contributed by atoms with Gasteiger partial charge in [-0.05, 0) is 66.5 Å². The highest BCUT2D eigenvalue weighted by Gasteiger charge is 2.25. The molecule has 4 rings (SSSR count). The predicted octanol–water partition coefficient (Wildman–Crippen LogP) is 5.95. The van der Waals surface area contributed by atoms with E-state index in [4.69, 9.17) is 4.74 Å². The molecule has 0 bridgehead atoms. The number of carbonyl (C=O) groups is 1. The van der Waals surface area contributed by atoms with Crippen molar-refractivity contribution < 1.29 is 9.53 Å². The van der Waals surface area contributed by atoms with Crippen molar-refractivity contribution >= 4 is 5.91 Å². The number of hydrogen-bond acceptors (Lipinski definition) is 2. The van der Waals surface area contributed by atoms with Crippen molar-refractivity contribution in [1.29, 1.82) is 0 Å². The number of carbonyl (C=O) groups excluding carboxylic acids is 1. The van der Waals surface area contributed by atoms with Crippen LogP contribution >= 0.6 is 0 Å². The summed E-state index contributed by atoms with van der Waals surface area (Å²) in [5.74, 6) is 0.841. The molecule has 1 amide bonds. The van der Waals surface area contributed by atoms with E-state index in [1.165, 1.54) is 24.0 Å². The van der Waals surface area contributed by atoms with Crippen LogP contribution in [0.2, 0.25) is 0 Å². The van der Waals surface area contributed by atoms with Gasteiger partial charge in [-0.3, -0.25) is 4.79 Å². The van der Waals surface area contributed by atoms with Crippen LogP contribution in [0.15, 0.2) is 78.9 Å². The number of benzene rings is 3. The van der Waals surface area contributed by atoms with Gasteiger partial charge in [0.1, 0.15) is 5.75 Å². The van der Waals surface area contributed by atoms with Crippen LogP contribution in [0.4, 0.5) is 0 Å². The molecule has 0 aromatic heterocycles. The number of fused-ring (bicyclic) bond motifs is 1. The van der Waals surface area contributed by atoms with Gasteiger partial charge < -0.3 is 9.64 Å². The van der Waals surface area contributed by atoms with Gasteiger partial charge in [0.15, 0.2) is 6.10 Å². The number of ether oxygens (including phenoxy) is 1. The summed E-state index contributed by atoms with van der Waals surface area (Å²) in [5.41, 5.74) is 5.04. The average Bonchev–Trinajstić information content (AvgIpc) is 2.83. The van der Waals surface area contributed by atoms with E-state index in [9.17, 15) is 4.79 Å². The molecule has 0 N–H and O–H groups in total. The summed E-state index contributed by atoms with van der Waals surface area (Å²) in [6.07, 6.45) is 4.88. The van der Waals surface area contributed by atoms with Gasteiger partial charge in [-0.15, -0.1) is 0 Å². The standard InChI is InChI=1S/C28H31NO2/c1-2-27(31-26-18-17-24-15-9-10-16-25(24)19-26)28(30)29(20-22-11-5-3-6-12-22)21-23-13-7-4-8-14-23/h3-8,11-14,17-19,27H,2,9-10,15-16,20-21H2,1H3/t27-/m1/s1. The molecule has 0 radical (unpaired) electrons. The molecule has 31 heavy (non-hydrogen) atoms. The van der Waals surface area contributed by atoms with Crippen LogP contribution in [0.25, 0.3) is 0 Å². The molecule has 0 fully saturated rings. The average molecular weight is 414 g/mol. The minimum absolute atomic E-state index is 0.0351. The summed E-state index contributed by atoms with van der Waals surface area (Å²) in [4.78, 5) is 15.5. The number of rotatable bonds is 8. The third kappa shape index (κ3) is 5.55. The number of amides is 1. The van der Waals surface area contributed by atoms with Crippen molar-refractivity contribution in [2.24, 2.45) is 0 Å². The Labute approximate surface area is 185 Å². The van der Waals surface area contributed by atoms with Gasteiger partial charge in [-0.25, -0.2) is 0 Å². The minimum Gasteiger partial charge on any atom is -0.481 e. The second kappa shape index (κ2) is 10.3. The molecular weight excluding hydrogens is 382 g/mol. The van der Waals surface area contributed by atoms with Crippen molar-refractivity contribution in [3.63, 3.8) is 0 Å². The molecule has 0 unspecified atom stereocenters. The topological polar surface area (TPSA) is 29.5 Å². The lowest BCUT2D eigenvalue weighted by atomic mass is 9.92. The highest BCUT2D eigenvalue weighted by atomic mass is 16.5. The predicted molar refractivity (Wildman–Crippen MR) is 125 cm³/mol. The molecule has 3 aromatic rings. The van der Waals surface area contributed by atoms with E-state index in [1.54, 1.807) is 0 Å². The molecule has 1 aliphatic rings. The highest BCUT2D eigenvalue weighted by molar-refractivity contribution is 5.81. The number of aryl methyl sites for hydroxylation is 2. The summed E-state index contributed by atoms with van der Waals surface area (Å²) >= 11 is 0. The van der Waals surface area contributed by atoms with E-state index < -0.39 is 6.10 Å². The molecule has 1 aliphatic carbocycles. The first kappa shape index (κ1) is 21.2. The van der Waals surface area contributed by atoms with Crippen molar-refractivity contribution in [2.45, 2.75) is 58.2 Å². The maximum atomic E-state index is 13.6. The third-order valence-corrected chi connectivity index (χ3v) is 5.99. The van der Waals surface area contributed by atoms with Gasteiger partial charge in [0, 0.05) is 13.1 Å². The SMILES string of the molecule is CC[C@@H](Oc1ccc2c(c1)CCCC2)C(=O)N(Cc1ccccc1)Cc1ccccc1. The molecule has 0 saturated carbocycles. The van der Waals surface area contributed by atoms with Crippen LogP contribution in [0.1, 0.15) is 48.4 Å². The largest absolute Gasteiger partial charge is 0.481 e. The first-order chi connectivity index (χ1) is 15.2. The number of hydrogen-bond donors (Lipinski definition) is 0. The van der Waals surface area contributed by atoms with E-state index >= 15 is 0 Å². The smallest absolute Gasteiger partial charge is 0.264 e. The van der Waals surface area contributed by atoms with Crippen molar-refractivity contribution in [1.82, 2.24) is 4.90 Å². The Morgan fingerprint density at radius 1 is 0.839 bits per heavy atom. The Morgan fingerprint density at radius 2 is 1.42 bits per heavy atom. The highest BCUT2D eigenvalue weighted by Crippen LogP contribution is 2.26. The van der Waals surface area contributed by atoms with Gasteiger partial charge in [0.05, 0.1) is 0 Å².